The summed E-state index contributed by atoms with van der Waals surface area (Å²) in [7, 11) is -3.33. The summed E-state index contributed by atoms with van der Waals surface area (Å²) >= 11 is 4.55. The first-order valence-electron chi connectivity index (χ1n) is 6.04. The highest BCUT2D eigenvalue weighted by atomic mass is 79.9. The highest BCUT2D eigenvalue weighted by Crippen LogP contribution is 2.23. The molecule has 0 amide bonds. The highest BCUT2D eigenvalue weighted by molar-refractivity contribution is 9.10. The normalized spacial score (nSPS) is 11.5. The van der Waals surface area contributed by atoms with Crippen LogP contribution in [0, 0.1) is 5.82 Å². The van der Waals surface area contributed by atoms with Crippen molar-refractivity contribution >= 4 is 43.2 Å². The topological polar surface area (TPSA) is 60.2 Å². The van der Waals surface area contributed by atoms with E-state index in [0.29, 0.717) is 10.6 Å². The number of halogens is 2. The maximum atomic E-state index is 13.3. The van der Waals surface area contributed by atoms with Crippen LogP contribution in [0.3, 0.4) is 0 Å². The molecule has 0 unspecified atom stereocenters. The average molecular weight is 390 g/mol. The average Bonchev–Trinajstić information content (AvgIpc) is 2.43. The van der Waals surface area contributed by atoms with E-state index in [0.717, 1.165) is 4.47 Å². The molecule has 0 spiro atoms. The zero-order valence-corrected chi connectivity index (χ0v) is 14.1. The van der Waals surface area contributed by atoms with Gasteiger partial charge in [-0.25, -0.2) is 12.8 Å². The summed E-state index contributed by atoms with van der Waals surface area (Å²) in [5.41, 5.74) is 5.48. The molecule has 0 radical (unpaired) electrons. The van der Waals surface area contributed by atoms with Crippen molar-refractivity contribution in [2.24, 2.45) is 0 Å². The second kappa shape index (κ2) is 6.81. The zero-order chi connectivity index (χ0) is 15.5. The number of hydrogen-bond acceptors (Lipinski definition) is 4. The number of sulfone groups is 1. The fourth-order valence-electron chi connectivity index (χ4n) is 1.63. The molecule has 0 saturated carbocycles. The molecule has 112 valence electrons. The lowest BCUT2D eigenvalue weighted by Gasteiger charge is -2.05. The number of hydrogen-bond donors (Lipinski definition) is 1. The first-order valence-corrected chi connectivity index (χ1v) is 9.48. The molecule has 0 aliphatic heterocycles. The molecule has 2 N–H and O–H groups in total. The zero-order valence-electron chi connectivity index (χ0n) is 10.9. The molecule has 0 atom stereocenters. The Kier molecular flexibility index (Phi) is 5.29. The molecular weight excluding hydrogens is 377 g/mol. The van der Waals surface area contributed by atoms with Crippen LogP contribution in [0.4, 0.5) is 10.1 Å². The van der Waals surface area contributed by atoms with Crippen LogP contribution in [0.2, 0.25) is 0 Å². The summed E-state index contributed by atoms with van der Waals surface area (Å²) in [6.07, 6.45) is 0. The van der Waals surface area contributed by atoms with Crippen LogP contribution in [0.25, 0.3) is 0 Å². The first kappa shape index (κ1) is 16.3. The quantitative estimate of drug-likeness (QED) is 0.624. The second-order valence-electron chi connectivity index (χ2n) is 4.30. The first-order chi connectivity index (χ1) is 9.88. The lowest BCUT2D eigenvalue weighted by molar-refractivity contribution is 0.597. The van der Waals surface area contributed by atoms with Gasteiger partial charge in [0.05, 0.1) is 16.3 Å². The van der Waals surface area contributed by atoms with Gasteiger partial charge in [0, 0.05) is 15.1 Å². The van der Waals surface area contributed by atoms with Gasteiger partial charge >= 0.3 is 0 Å². The third-order valence-corrected chi connectivity index (χ3v) is 6.28. The summed E-state index contributed by atoms with van der Waals surface area (Å²) in [5, 5.41) is 0. The molecule has 0 aliphatic rings. The number of nitrogen functional groups attached to an aromatic ring is 1. The maximum absolute atomic E-state index is 13.3. The summed E-state index contributed by atoms with van der Waals surface area (Å²) < 4.78 is 38.4. The van der Waals surface area contributed by atoms with Gasteiger partial charge in [-0.05, 0) is 42.5 Å². The van der Waals surface area contributed by atoms with Gasteiger partial charge in [-0.3, -0.25) is 0 Å². The fraction of sp³-hybridized carbons (Fsp3) is 0.143. The van der Waals surface area contributed by atoms with Crippen molar-refractivity contribution in [3.63, 3.8) is 0 Å². The minimum Gasteiger partial charge on any atom is -0.396 e. The number of anilines is 1. The molecule has 0 heterocycles. The third kappa shape index (κ3) is 4.46. The van der Waals surface area contributed by atoms with Crippen LogP contribution in [0.5, 0.6) is 0 Å². The van der Waals surface area contributed by atoms with Crippen LogP contribution in [-0.2, 0) is 9.84 Å². The van der Waals surface area contributed by atoms with E-state index in [1.54, 1.807) is 30.3 Å². The molecule has 21 heavy (non-hydrogen) atoms. The van der Waals surface area contributed by atoms with Crippen molar-refractivity contribution in [2.45, 2.75) is 9.79 Å². The third-order valence-electron chi connectivity index (χ3n) is 2.77. The van der Waals surface area contributed by atoms with Crippen LogP contribution < -0.4 is 5.73 Å². The molecule has 0 bridgehead atoms. The monoisotopic (exact) mass is 389 g/mol. The molecule has 0 fully saturated rings. The van der Waals surface area contributed by atoms with Crippen LogP contribution >= 0.6 is 27.7 Å². The molecule has 2 aromatic carbocycles. The fourth-order valence-corrected chi connectivity index (χ4v) is 4.48. The number of thioether (sulfide) groups is 1. The number of benzene rings is 2. The number of nitrogens with two attached hydrogens (primary N) is 1. The molecule has 3 nitrogen and oxygen atoms in total. The van der Waals surface area contributed by atoms with Crippen LogP contribution in [-0.4, -0.2) is 19.9 Å². The summed E-state index contributed by atoms with van der Waals surface area (Å²) in [6, 6.07) is 11.0. The van der Waals surface area contributed by atoms with E-state index >= 15 is 0 Å². The molecule has 0 saturated heterocycles. The van der Waals surface area contributed by atoms with Crippen molar-refractivity contribution in [2.75, 3.05) is 17.2 Å². The van der Waals surface area contributed by atoms with E-state index in [4.69, 9.17) is 5.73 Å². The minimum absolute atomic E-state index is 0.00864. The van der Waals surface area contributed by atoms with Crippen molar-refractivity contribution in [3.05, 3.63) is 52.8 Å². The standard InChI is InChI=1S/C14H13BrFNO2S2/c15-10-1-4-12(5-2-10)21(18,19)8-7-20-11-3-6-14(17)13(16)9-11/h1-6,9H,7-8,17H2. The van der Waals surface area contributed by atoms with Gasteiger partial charge in [-0.15, -0.1) is 11.8 Å². The lowest BCUT2D eigenvalue weighted by atomic mass is 10.3. The van der Waals surface area contributed by atoms with Gasteiger partial charge in [-0.1, -0.05) is 15.9 Å². The highest BCUT2D eigenvalue weighted by Gasteiger charge is 2.14. The maximum Gasteiger partial charge on any atom is 0.179 e. The Morgan fingerprint density at radius 2 is 1.81 bits per heavy atom. The van der Waals surface area contributed by atoms with Gasteiger partial charge in [0.1, 0.15) is 5.82 Å². The molecule has 0 aromatic heterocycles. The predicted octanol–water partition coefficient (Wildman–Crippen LogP) is 3.74. The lowest BCUT2D eigenvalue weighted by Crippen LogP contribution is -2.08. The Morgan fingerprint density at radius 3 is 2.43 bits per heavy atom. The summed E-state index contributed by atoms with van der Waals surface area (Å²) in [4.78, 5) is 0.947. The minimum atomic E-state index is -3.33. The van der Waals surface area contributed by atoms with E-state index in [1.807, 2.05) is 0 Å². The van der Waals surface area contributed by atoms with Crippen molar-refractivity contribution in [3.8, 4) is 0 Å². The second-order valence-corrected chi connectivity index (χ2v) is 8.50. The van der Waals surface area contributed by atoms with E-state index in [2.05, 4.69) is 15.9 Å². The Balaban J connectivity index is 1.98. The Hall–Kier alpha value is -1.05. The van der Waals surface area contributed by atoms with Crippen LogP contribution in [0.1, 0.15) is 0 Å². The van der Waals surface area contributed by atoms with E-state index in [9.17, 15) is 12.8 Å². The molecule has 0 aliphatic carbocycles. The Labute approximate surface area is 135 Å². The molecule has 2 aromatic rings. The van der Waals surface area contributed by atoms with E-state index in [1.165, 1.54) is 23.9 Å². The summed E-state index contributed by atoms with van der Waals surface area (Å²) in [6.45, 7) is 0. The van der Waals surface area contributed by atoms with Gasteiger partial charge in [0.2, 0.25) is 0 Å². The molecule has 2 rings (SSSR count). The van der Waals surface area contributed by atoms with Crippen LogP contribution in [0.15, 0.2) is 56.7 Å². The number of rotatable bonds is 5. The summed E-state index contributed by atoms with van der Waals surface area (Å²) in [5.74, 6) is -0.150. The van der Waals surface area contributed by atoms with Crippen molar-refractivity contribution in [1.82, 2.24) is 0 Å². The largest absolute Gasteiger partial charge is 0.396 e. The predicted molar refractivity (Wildman–Crippen MR) is 87.7 cm³/mol. The Bertz CT molecular complexity index is 733. The molecule has 7 heteroatoms. The van der Waals surface area contributed by atoms with Crippen molar-refractivity contribution in [1.29, 1.82) is 0 Å². The molecular formula is C14H13BrFNO2S2. The SMILES string of the molecule is Nc1ccc(SCCS(=O)(=O)c2ccc(Br)cc2)cc1F. The van der Waals surface area contributed by atoms with Gasteiger partial charge in [0.15, 0.2) is 9.84 Å². The van der Waals surface area contributed by atoms with Crippen molar-refractivity contribution < 1.29 is 12.8 Å². The van der Waals surface area contributed by atoms with Gasteiger partial charge < -0.3 is 5.73 Å². The smallest absolute Gasteiger partial charge is 0.179 e. The van der Waals surface area contributed by atoms with Gasteiger partial charge in [-0.2, -0.15) is 0 Å². The van der Waals surface area contributed by atoms with Gasteiger partial charge in [0.25, 0.3) is 0 Å². The Morgan fingerprint density at radius 1 is 1.14 bits per heavy atom. The van der Waals surface area contributed by atoms with E-state index in [-0.39, 0.29) is 16.3 Å². The van der Waals surface area contributed by atoms with E-state index < -0.39 is 15.7 Å².